The van der Waals surface area contributed by atoms with Crippen LogP contribution in [0.5, 0.6) is 5.75 Å². The Hall–Kier alpha value is -3.24. The highest BCUT2D eigenvalue weighted by Gasteiger charge is 2.21. The standard InChI is InChI=1S/C23H22N2O2/c1-27-18-11-9-16(10-12-18)22(19-8-5-15-24-19)20-13-14-21(25-20)23(26)17-6-3-2-4-7-17/h2-15,22-26H,1H3. The molecule has 0 saturated carbocycles. The van der Waals surface area contributed by atoms with Crippen LogP contribution in [0.25, 0.3) is 0 Å². The summed E-state index contributed by atoms with van der Waals surface area (Å²) in [6.07, 6.45) is 1.24. The molecular weight excluding hydrogens is 336 g/mol. The number of benzene rings is 2. The molecule has 2 aromatic heterocycles. The van der Waals surface area contributed by atoms with Crippen molar-refractivity contribution in [3.05, 3.63) is 113 Å². The number of hydrogen-bond acceptors (Lipinski definition) is 2. The molecule has 27 heavy (non-hydrogen) atoms. The predicted molar refractivity (Wildman–Crippen MR) is 106 cm³/mol. The average Bonchev–Trinajstić information content (AvgIpc) is 3.42. The number of ether oxygens (including phenoxy) is 1. The summed E-state index contributed by atoms with van der Waals surface area (Å²) in [5, 5.41) is 10.7. The fraction of sp³-hybridized carbons (Fsp3) is 0.130. The number of methoxy groups -OCH3 is 1. The maximum Gasteiger partial charge on any atom is 0.119 e. The van der Waals surface area contributed by atoms with Crippen LogP contribution in [-0.2, 0) is 0 Å². The lowest BCUT2D eigenvalue weighted by molar-refractivity contribution is 0.216. The van der Waals surface area contributed by atoms with Crippen molar-refractivity contribution in [2.24, 2.45) is 0 Å². The van der Waals surface area contributed by atoms with Crippen molar-refractivity contribution in [2.45, 2.75) is 12.0 Å². The number of aliphatic hydroxyl groups excluding tert-OH is 1. The highest BCUT2D eigenvalue weighted by atomic mass is 16.5. The summed E-state index contributed by atoms with van der Waals surface area (Å²) < 4.78 is 5.28. The topological polar surface area (TPSA) is 61.0 Å². The van der Waals surface area contributed by atoms with Crippen LogP contribution in [0.3, 0.4) is 0 Å². The number of hydrogen-bond donors (Lipinski definition) is 3. The van der Waals surface area contributed by atoms with E-state index < -0.39 is 6.10 Å². The molecule has 4 heteroatoms. The summed E-state index contributed by atoms with van der Waals surface area (Å²) >= 11 is 0. The summed E-state index contributed by atoms with van der Waals surface area (Å²) in [5.41, 5.74) is 4.89. The highest BCUT2D eigenvalue weighted by molar-refractivity contribution is 5.41. The third-order valence-electron chi connectivity index (χ3n) is 4.83. The number of H-pyrrole nitrogens is 2. The smallest absolute Gasteiger partial charge is 0.119 e. The molecule has 2 unspecified atom stereocenters. The van der Waals surface area contributed by atoms with Crippen LogP contribution in [0.1, 0.15) is 40.2 Å². The third-order valence-corrected chi connectivity index (χ3v) is 4.83. The highest BCUT2D eigenvalue weighted by Crippen LogP contribution is 2.33. The van der Waals surface area contributed by atoms with Gasteiger partial charge in [0.15, 0.2) is 0 Å². The molecule has 0 saturated heterocycles. The van der Waals surface area contributed by atoms with E-state index in [1.54, 1.807) is 7.11 Å². The maximum atomic E-state index is 10.7. The molecule has 2 heterocycles. The van der Waals surface area contributed by atoms with Gasteiger partial charge in [0.1, 0.15) is 11.9 Å². The second-order valence-electron chi connectivity index (χ2n) is 6.51. The van der Waals surface area contributed by atoms with Gasteiger partial charge in [-0.2, -0.15) is 0 Å². The molecule has 4 rings (SSSR count). The molecule has 0 aliphatic rings. The minimum atomic E-state index is -0.680. The normalized spacial score (nSPS) is 13.3. The van der Waals surface area contributed by atoms with Crippen molar-refractivity contribution < 1.29 is 9.84 Å². The minimum Gasteiger partial charge on any atom is -0.497 e. The molecule has 4 nitrogen and oxygen atoms in total. The molecule has 3 N–H and O–H groups in total. The van der Waals surface area contributed by atoms with Crippen molar-refractivity contribution in [2.75, 3.05) is 7.11 Å². The molecule has 0 amide bonds. The summed E-state index contributed by atoms with van der Waals surface area (Å²) in [6, 6.07) is 25.8. The van der Waals surface area contributed by atoms with Crippen molar-refractivity contribution >= 4 is 0 Å². The van der Waals surface area contributed by atoms with Crippen molar-refractivity contribution in [1.29, 1.82) is 0 Å². The molecule has 2 aromatic carbocycles. The lowest BCUT2D eigenvalue weighted by Gasteiger charge is -2.16. The van der Waals surface area contributed by atoms with E-state index in [2.05, 4.69) is 28.2 Å². The summed E-state index contributed by atoms with van der Waals surface area (Å²) in [5.74, 6) is 0.846. The number of rotatable bonds is 6. The van der Waals surface area contributed by atoms with Gasteiger partial charge in [-0.15, -0.1) is 0 Å². The van der Waals surface area contributed by atoms with Gasteiger partial charge < -0.3 is 19.8 Å². The third kappa shape index (κ3) is 3.52. The first-order chi connectivity index (χ1) is 13.3. The van der Waals surface area contributed by atoms with E-state index in [0.717, 1.165) is 34.0 Å². The SMILES string of the molecule is COc1ccc(C(c2ccc[nH]2)c2ccc(C(O)c3ccccc3)[nH]2)cc1. The summed E-state index contributed by atoms with van der Waals surface area (Å²) in [6.45, 7) is 0. The molecule has 4 aromatic rings. The van der Waals surface area contributed by atoms with E-state index in [1.807, 2.05) is 66.9 Å². The van der Waals surface area contributed by atoms with Gasteiger partial charge in [0.25, 0.3) is 0 Å². The number of nitrogens with one attached hydrogen (secondary N) is 2. The van der Waals surface area contributed by atoms with E-state index in [1.165, 1.54) is 0 Å². The van der Waals surface area contributed by atoms with Crippen LogP contribution < -0.4 is 4.74 Å². The van der Waals surface area contributed by atoms with Crippen molar-refractivity contribution in [3.63, 3.8) is 0 Å². The Labute approximate surface area is 158 Å². The zero-order valence-electron chi connectivity index (χ0n) is 15.1. The van der Waals surface area contributed by atoms with Gasteiger partial charge in [-0.25, -0.2) is 0 Å². The van der Waals surface area contributed by atoms with Gasteiger partial charge in [0.05, 0.1) is 13.0 Å². The van der Waals surface area contributed by atoms with E-state index in [4.69, 9.17) is 4.74 Å². The van der Waals surface area contributed by atoms with Crippen LogP contribution in [0.4, 0.5) is 0 Å². The number of aliphatic hydroxyl groups is 1. The lowest BCUT2D eigenvalue weighted by atomic mass is 9.92. The van der Waals surface area contributed by atoms with E-state index >= 15 is 0 Å². The molecule has 0 bridgehead atoms. The first-order valence-corrected chi connectivity index (χ1v) is 8.95. The predicted octanol–water partition coefficient (Wildman–Crippen LogP) is 4.61. The van der Waals surface area contributed by atoms with Gasteiger partial charge in [0, 0.05) is 23.3 Å². The Kier molecular flexibility index (Phi) is 4.81. The van der Waals surface area contributed by atoms with Gasteiger partial charge in [-0.3, -0.25) is 0 Å². The van der Waals surface area contributed by atoms with E-state index in [0.29, 0.717) is 0 Å². The lowest BCUT2D eigenvalue weighted by Crippen LogP contribution is -2.06. The van der Waals surface area contributed by atoms with Crippen LogP contribution in [0.2, 0.25) is 0 Å². The molecule has 0 radical (unpaired) electrons. The van der Waals surface area contributed by atoms with Gasteiger partial charge in [0.2, 0.25) is 0 Å². The van der Waals surface area contributed by atoms with Crippen LogP contribution >= 0.6 is 0 Å². The van der Waals surface area contributed by atoms with E-state index in [-0.39, 0.29) is 5.92 Å². The van der Waals surface area contributed by atoms with Crippen molar-refractivity contribution in [3.8, 4) is 5.75 Å². The molecule has 0 spiro atoms. The minimum absolute atomic E-state index is 0.0163. The van der Waals surface area contributed by atoms with Gasteiger partial charge in [-0.1, -0.05) is 42.5 Å². The van der Waals surface area contributed by atoms with Crippen molar-refractivity contribution in [1.82, 2.24) is 9.97 Å². The maximum absolute atomic E-state index is 10.7. The monoisotopic (exact) mass is 358 g/mol. The Morgan fingerprint density at radius 2 is 1.48 bits per heavy atom. The summed E-state index contributed by atoms with van der Waals surface area (Å²) in [7, 11) is 1.67. The van der Waals surface area contributed by atoms with Gasteiger partial charge in [-0.05, 0) is 47.5 Å². The fourth-order valence-corrected chi connectivity index (χ4v) is 3.42. The van der Waals surface area contributed by atoms with Crippen LogP contribution in [-0.4, -0.2) is 22.2 Å². The Bertz CT molecular complexity index is 973. The van der Waals surface area contributed by atoms with Gasteiger partial charge >= 0.3 is 0 Å². The number of aromatic nitrogens is 2. The molecule has 0 aliphatic carbocycles. The van der Waals surface area contributed by atoms with Crippen LogP contribution in [0, 0.1) is 0 Å². The number of aromatic amines is 2. The zero-order chi connectivity index (χ0) is 18.6. The molecule has 136 valence electrons. The largest absolute Gasteiger partial charge is 0.497 e. The average molecular weight is 358 g/mol. The first-order valence-electron chi connectivity index (χ1n) is 8.95. The molecular formula is C23H22N2O2. The van der Waals surface area contributed by atoms with E-state index in [9.17, 15) is 5.11 Å². The molecule has 0 fully saturated rings. The zero-order valence-corrected chi connectivity index (χ0v) is 15.1. The summed E-state index contributed by atoms with van der Waals surface area (Å²) in [4.78, 5) is 6.74. The van der Waals surface area contributed by atoms with Crippen LogP contribution in [0.15, 0.2) is 85.1 Å². The Balaban J connectivity index is 1.70. The Morgan fingerprint density at radius 1 is 0.741 bits per heavy atom. The Morgan fingerprint density at radius 3 is 2.15 bits per heavy atom. The second-order valence-corrected chi connectivity index (χ2v) is 6.51. The first kappa shape index (κ1) is 17.2. The molecule has 2 atom stereocenters. The second kappa shape index (κ2) is 7.56. The molecule has 0 aliphatic heterocycles. The quantitative estimate of drug-likeness (QED) is 0.471. The fourth-order valence-electron chi connectivity index (χ4n) is 3.42.